The van der Waals surface area contributed by atoms with Crippen molar-refractivity contribution in [3.63, 3.8) is 0 Å². The molecule has 6 heteroatoms. The molecule has 3 rings (SSSR count). The van der Waals surface area contributed by atoms with Crippen LogP contribution in [-0.2, 0) is 9.59 Å². The molecule has 180 valence electrons. The molecule has 0 aliphatic carbocycles. The third-order valence-corrected chi connectivity index (χ3v) is 5.97. The van der Waals surface area contributed by atoms with Gasteiger partial charge >= 0.3 is 0 Å². The molecule has 0 N–H and O–H groups in total. The average molecular weight is 463 g/mol. The van der Waals surface area contributed by atoms with Crippen molar-refractivity contribution >= 4 is 23.7 Å². The summed E-state index contributed by atoms with van der Waals surface area (Å²) in [4.78, 5) is 29.1. The van der Waals surface area contributed by atoms with Crippen molar-refractivity contribution in [1.29, 1.82) is 0 Å². The molecule has 0 amide bonds. The Hall–Kier alpha value is -3.22. The number of carbonyl (C=O) groups excluding carboxylic acids is 2. The van der Waals surface area contributed by atoms with E-state index in [-0.39, 0.29) is 11.6 Å². The van der Waals surface area contributed by atoms with Crippen LogP contribution in [-0.4, -0.2) is 74.9 Å². The van der Waals surface area contributed by atoms with E-state index in [1.54, 1.807) is 26.4 Å². The van der Waals surface area contributed by atoms with E-state index in [4.69, 9.17) is 9.47 Å². The summed E-state index contributed by atoms with van der Waals surface area (Å²) in [7, 11) is 3.27. The number of hydrogen-bond acceptors (Lipinski definition) is 6. The van der Waals surface area contributed by atoms with Gasteiger partial charge in [0.15, 0.2) is 11.6 Å². The Labute approximate surface area is 202 Å². The third-order valence-electron chi connectivity index (χ3n) is 5.97. The second-order valence-corrected chi connectivity index (χ2v) is 8.33. The number of allylic oxidation sites excluding steroid dienone is 2. The second-order valence-electron chi connectivity index (χ2n) is 8.33. The summed E-state index contributed by atoms with van der Waals surface area (Å²) in [5.74, 6) is 1.87. The summed E-state index contributed by atoms with van der Waals surface area (Å²) in [5, 5.41) is 0. The minimum Gasteiger partial charge on any atom is -0.497 e. The summed E-state index contributed by atoms with van der Waals surface area (Å²) in [6, 6.07) is 15.3. The number of carbonyl (C=O) groups is 2. The number of hydrogen-bond donors (Lipinski definition) is 0. The molecule has 0 saturated carbocycles. The maximum Gasteiger partial charge on any atom is 0.156 e. The Morgan fingerprint density at radius 2 is 1.03 bits per heavy atom. The van der Waals surface area contributed by atoms with Gasteiger partial charge in [-0.05, 0) is 47.5 Å². The summed E-state index contributed by atoms with van der Waals surface area (Å²) in [5.41, 5.74) is 1.97. The smallest absolute Gasteiger partial charge is 0.156 e. The van der Waals surface area contributed by atoms with Crippen molar-refractivity contribution in [1.82, 2.24) is 9.80 Å². The van der Waals surface area contributed by atoms with Crippen LogP contribution in [0.3, 0.4) is 0 Å². The molecule has 1 saturated heterocycles. The molecule has 1 fully saturated rings. The van der Waals surface area contributed by atoms with Crippen molar-refractivity contribution in [3.8, 4) is 11.5 Å². The Kier molecular flexibility index (Phi) is 10.1. The van der Waals surface area contributed by atoms with Gasteiger partial charge in [0.05, 0.1) is 14.2 Å². The van der Waals surface area contributed by atoms with Gasteiger partial charge < -0.3 is 19.3 Å². The molecular formula is C28H34N2O4. The Morgan fingerprint density at radius 3 is 1.35 bits per heavy atom. The van der Waals surface area contributed by atoms with Gasteiger partial charge in [0.1, 0.15) is 11.5 Å². The lowest BCUT2D eigenvalue weighted by Gasteiger charge is -2.34. The molecule has 2 aromatic carbocycles. The molecule has 1 heterocycles. The molecule has 1 aliphatic heterocycles. The van der Waals surface area contributed by atoms with E-state index in [0.29, 0.717) is 12.8 Å². The highest BCUT2D eigenvalue weighted by molar-refractivity contribution is 5.94. The van der Waals surface area contributed by atoms with Gasteiger partial charge in [-0.15, -0.1) is 0 Å². The zero-order valence-corrected chi connectivity index (χ0v) is 20.1. The Balaban J connectivity index is 1.30. The average Bonchev–Trinajstić information content (AvgIpc) is 2.89. The van der Waals surface area contributed by atoms with E-state index in [9.17, 15) is 9.59 Å². The highest BCUT2D eigenvalue weighted by atomic mass is 16.5. The third kappa shape index (κ3) is 8.61. The van der Waals surface area contributed by atoms with E-state index in [0.717, 1.165) is 61.9 Å². The van der Waals surface area contributed by atoms with Gasteiger partial charge in [-0.1, -0.05) is 36.4 Å². The van der Waals surface area contributed by atoms with Gasteiger partial charge in [0, 0.05) is 52.1 Å². The predicted octanol–water partition coefficient (Wildman–Crippen LogP) is 3.97. The summed E-state index contributed by atoms with van der Waals surface area (Å²) < 4.78 is 10.3. The Morgan fingerprint density at radius 1 is 0.676 bits per heavy atom. The zero-order chi connectivity index (χ0) is 24.2. The number of ketones is 2. The fourth-order valence-electron chi connectivity index (χ4n) is 3.75. The first kappa shape index (κ1) is 25.4. The van der Waals surface area contributed by atoms with Crippen LogP contribution in [0.2, 0.25) is 0 Å². The normalized spacial score (nSPS) is 15.1. The lowest BCUT2D eigenvalue weighted by molar-refractivity contribution is -0.116. The largest absolute Gasteiger partial charge is 0.497 e. The maximum atomic E-state index is 12.2. The summed E-state index contributed by atoms with van der Waals surface area (Å²) in [6.45, 7) is 5.22. The first-order chi connectivity index (χ1) is 16.6. The topological polar surface area (TPSA) is 59.1 Å². The van der Waals surface area contributed by atoms with E-state index in [1.165, 1.54) is 0 Å². The van der Waals surface area contributed by atoms with Crippen LogP contribution in [0, 0.1) is 0 Å². The van der Waals surface area contributed by atoms with Crippen LogP contribution in [0.15, 0.2) is 60.7 Å². The van der Waals surface area contributed by atoms with Crippen LogP contribution in [0.5, 0.6) is 11.5 Å². The first-order valence-electron chi connectivity index (χ1n) is 11.7. The number of nitrogens with zero attached hydrogens (tertiary/aromatic N) is 2. The van der Waals surface area contributed by atoms with Crippen LogP contribution >= 0.6 is 0 Å². The van der Waals surface area contributed by atoms with E-state index in [2.05, 4.69) is 9.80 Å². The van der Waals surface area contributed by atoms with Gasteiger partial charge in [-0.3, -0.25) is 9.59 Å². The molecule has 0 spiro atoms. The number of piperazine rings is 1. The molecule has 0 radical (unpaired) electrons. The van der Waals surface area contributed by atoms with Crippen molar-refractivity contribution in [3.05, 3.63) is 71.8 Å². The van der Waals surface area contributed by atoms with Gasteiger partial charge in [-0.2, -0.15) is 0 Å². The molecule has 1 aliphatic rings. The molecule has 2 aromatic rings. The highest BCUT2D eigenvalue weighted by Gasteiger charge is 2.17. The standard InChI is InChI=1S/C28H34N2O4/c1-33-27-11-5-23(6-12-27)3-9-25(31)15-17-29-19-21-30(22-20-29)18-16-26(32)10-4-24-7-13-28(34-2)14-8-24/h3-14H,15-22H2,1-2H3/b9-3-,10-4+. The second kappa shape index (κ2) is 13.5. The van der Waals surface area contributed by atoms with Crippen LogP contribution < -0.4 is 9.47 Å². The van der Waals surface area contributed by atoms with Gasteiger partial charge in [0.2, 0.25) is 0 Å². The van der Waals surface area contributed by atoms with Gasteiger partial charge in [0.25, 0.3) is 0 Å². The minimum atomic E-state index is 0.132. The van der Waals surface area contributed by atoms with Crippen molar-refractivity contribution in [2.24, 2.45) is 0 Å². The number of methoxy groups -OCH3 is 2. The lowest BCUT2D eigenvalue weighted by atomic mass is 10.1. The monoisotopic (exact) mass is 462 g/mol. The van der Waals surface area contributed by atoms with E-state index < -0.39 is 0 Å². The summed E-state index contributed by atoms with van der Waals surface area (Å²) >= 11 is 0. The molecule has 34 heavy (non-hydrogen) atoms. The molecule has 6 nitrogen and oxygen atoms in total. The lowest BCUT2D eigenvalue weighted by Crippen LogP contribution is -2.47. The highest BCUT2D eigenvalue weighted by Crippen LogP contribution is 2.13. The van der Waals surface area contributed by atoms with Crippen LogP contribution in [0.4, 0.5) is 0 Å². The quantitative estimate of drug-likeness (QED) is 0.445. The van der Waals surface area contributed by atoms with E-state index in [1.807, 2.05) is 60.7 Å². The Bertz CT molecular complexity index is 891. The molecule has 0 aromatic heterocycles. The first-order valence-corrected chi connectivity index (χ1v) is 11.7. The number of benzene rings is 2. The number of ether oxygens (including phenoxy) is 2. The molecule has 0 unspecified atom stereocenters. The summed E-state index contributed by atoms with van der Waals surface area (Å²) in [6.07, 6.45) is 8.04. The van der Waals surface area contributed by atoms with Crippen LogP contribution in [0.1, 0.15) is 24.0 Å². The fourth-order valence-corrected chi connectivity index (χ4v) is 3.75. The molecule has 0 bridgehead atoms. The maximum absolute atomic E-state index is 12.2. The zero-order valence-electron chi connectivity index (χ0n) is 20.1. The SMILES string of the molecule is COc1ccc(/C=C\C(=O)CCN2CCN(CCC(=O)/C=C/c3ccc(OC)cc3)CC2)cc1. The fraction of sp³-hybridized carbons (Fsp3) is 0.357. The van der Waals surface area contributed by atoms with Crippen LogP contribution in [0.25, 0.3) is 12.2 Å². The minimum absolute atomic E-state index is 0.132. The number of rotatable bonds is 12. The van der Waals surface area contributed by atoms with Crippen molar-refractivity contribution < 1.29 is 19.1 Å². The predicted molar refractivity (Wildman–Crippen MR) is 136 cm³/mol. The van der Waals surface area contributed by atoms with E-state index >= 15 is 0 Å². The molecule has 0 atom stereocenters. The molecular weight excluding hydrogens is 428 g/mol. The van der Waals surface area contributed by atoms with Gasteiger partial charge in [-0.25, -0.2) is 0 Å². The van der Waals surface area contributed by atoms with Crippen molar-refractivity contribution in [2.45, 2.75) is 12.8 Å². The van der Waals surface area contributed by atoms with Crippen molar-refractivity contribution in [2.75, 3.05) is 53.5 Å².